The van der Waals surface area contributed by atoms with Crippen LogP contribution >= 0.6 is 0 Å². The lowest BCUT2D eigenvalue weighted by molar-refractivity contribution is 0.158. The van der Waals surface area contributed by atoms with Crippen LogP contribution in [0.1, 0.15) is 134 Å². The lowest BCUT2D eigenvalue weighted by atomic mass is 9.68. The van der Waals surface area contributed by atoms with Gasteiger partial charge in [-0.25, -0.2) is 8.78 Å². The van der Waals surface area contributed by atoms with E-state index >= 15 is 4.39 Å². The van der Waals surface area contributed by atoms with Crippen LogP contribution in [0, 0.1) is 41.2 Å². The Morgan fingerprint density at radius 1 is 0.743 bits per heavy atom. The molecule has 0 spiro atoms. The molecular weight excluding hydrogens is 434 g/mol. The van der Waals surface area contributed by atoms with Crippen molar-refractivity contribution < 1.29 is 8.78 Å². The van der Waals surface area contributed by atoms with Gasteiger partial charge in [0.25, 0.3) is 0 Å². The third kappa shape index (κ3) is 7.20. The summed E-state index contributed by atoms with van der Waals surface area (Å²) in [5.74, 6) is 3.29. The fraction of sp³-hybridized carbons (Fsp3) is 0.758. The number of halogens is 2. The van der Waals surface area contributed by atoms with Gasteiger partial charge in [0.15, 0.2) is 11.6 Å². The molecule has 0 heterocycles. The molecule has 3 aliphatic carbocycles. The fourth-order valence-electron chi connectivity index (χ4n) is 7.69. The van der Waals surface area contributed by atoms with Crippen LogP contribution in [0.3, 0.4) is 0 Å². The molecule has 0 N–H and O–H groups in total. The van der Waals surface area contributed by atoms with E-state index in [1.165, 1.54) is 83.5 Å². The lowest BCUT2D eigenvalue weighted by Gasteiger charge is -2.38. The Kier molecular flexibility index (Phi) is 10.3. The molecule has 196 valence electrons. The third-order valence-electron chi connectivity index (χ3n) is 10.1. The largest absolute Gasteiger partial charge is 0.203 e. The first kappa shape index (κ1) is 26.9. The van der Waals surface area contributed by atoms with E-state index in [1.807, 2.05) is 12.1 Å². The highest BCUT2D eigenvalue weighted by molar-refractivity contribution is 5.30. The van der Waals surface area contributed by atoms with Gasteiger partial charge in [-0.2, -0.15) is 0 Å². The molecule has 0 aliphatic heterocycles. The van der Waals surface area contributed by atoms with Crippen molar-refractivity contribution in [2.45, 2.75) is 129 Å². The van der Waals surface area contributed by atoms with Crippen LogP contribution < -0.4 is 0 Å². The van der Waals surface area contributed by atoms with E-state index < -0.39 is 11.6 Å². The predicted octanol–water partition coefficient (Wildman–Crippen LogP) is 10.6. The molecule has 3 aliphatic rings. The summed E-state index contributed by atoms with van der Waals surface area (Å²) >= 11 is 0. The van der Waals surface area contributed by atoms with E-state index in [4.69, 9.17) is 0 Å². The minimum Gasteiger partial charge on any atom is -0.203 e. The highest BCUT2D eigenvalue weighted by Crippen LogP contribution is 2.45. The van der Waals surface area contributed by atoms with Gasteiger partial charge < -0.3 is 0 Å². The van der Waals surface area contributed by atoms with Crippen LogP contribution in [0.2, 0.25) is 0 Å². The molecule has 0 nitrogen and oxygen atoms in total. The average molecular weight is 485 g/mol. The van der Waals surface area contributed by atoms with Crippen LogP contribution in [0.25, 0.3) is 0 Å². The van der Waals surface area contributed by atoms with Gasteiger partial charge in [0.1, 0.15) is 0 Å². The molecule has 3 saturated carbocycles. The zero-order chi connectivity index (χ0) is 24.6. The second kappa shape index (κ2) is 13.4. The molecule has 0 bridgehead atoms. The minimum absolute atomic E-state index is 0.199. The van der Waals surface area contributed by atoms with Gasteiger partial charge in [-0.3, -0.25) is 0 Å². The quantitative estimate of drug-likeness (QED) is 0.306. The highest BCUT2D eigenvalue weighted by atomic mass is 19.2. The van der Waals surface area contributed by atoms with Crippen LogP contribution in [-0.4, -0.2) is 0 Å². The Morgan fingerprint density at radius 2 is 1.37 bits per heavy atom. The number of hydrogen-bond acceptors (Lipinski definition) is 0. The van der Waals surface area contributed by atoms with Gasteiger partial charge in [-0.05, 0) is 124 Å². The molecule has 2 heteroatoms. The van der Waals surface area contributed by atoms with Crippen LogP contribution in [0.15, 0.2) is 24.3 Å². The van der Waals surface area contributed by atoms with Crippen LogP contribution in [0.5, 0.6) is 0 Å². The molecular formula is C33H50F2. The Hall–Kier alpha value is -1.18. The maximum absolute atomic E-state index is 15.1. The topological polar surface area (TPSA) is 0 Å². The van der Waals surface area contributed by atoms with Crippen LogP contribution in [0.4, 0.5) is 8.78 Å². The molecule has 3 fully saturated rings. The van der Waals surface area contributed by atoms with Gasteiger partial charge in [0.05, 0.1) is 0 Å². The van der Waals surface area contributed by atoms with Gasteiger partial charge in [-0.15, -0.1) is 0 Å². The molecule has 1 aromatic carbocycles. The van der Waals surface area contributed by atoms with E-state index in [0.29, 0.717) is 23.5 Å². The van der Waals surface area contributed by atoms with Crippen molar-refractivity contribution in [1.82, 2.24) is 0 Å². The summed E-state index contributed by atoms with van der Waals surface area (Å²) in [6.45, 7) is 4.61. The molecule has 0 radical (unpaired) electrons. The van der Waals surface area contributed by atoms with E-state index in [2.05, 4.69) is 26.0 Å². The number of hydrogen-bond donors (Lipinski definition) is 0. The second-order valence-corrected chi connectivity index (χ2v) is 12.3. The monoisotopic (exact) mass is 484 g/mol. The van der Waals surface area contributed by atoms with E-state index in [0.717, 1.165) is 42.9 Å². The normalized spacial score (nSPS) is 32.2. The zero-order valence-corrected chi connectivity index (χ0v) is 22.6. The summed E-state index contributed by atoms with van der Waals surface area (Å²) < 4.78 is 30.0. The van der Waals surface area contributed by atoms with Crippen molar-refractivity contribution in [3.8, 4) is 0 Å². The number of rotatable bonds is 9. The summed E-state index contributed by atoms with van der Waals surface area (Å²) in [7, 11) is 0. The molecule has 0 saturated heterocycles. The van der Waals surface area contributed by atoms with E-state index in [-0.39, 0.29) is 5.92 Å². The van der Waals surface area contributed by atoms with Crippen molar-refractivity contribution >= 4 is 0 Å². The average Bonchev–Trinajstić information content (AvgIpc) is 2.90. The predicted molar refractivity (Wildman–Crippen MR) is 145 cm³/mol. The Labute approximate surface area is 214 Å². The molecule has 0 aromatic heterocycles. The number of allylic oxidation sites excluding steroid dienone is 2. The summed E-state index contributed by atoms with van der Waals surface area (Å²) in [6, 6.07) is 3.78. The standard InChI is InChI=1S/C33H50F2/c1-3-7-25-10-12-26(13-11-25)8-5-6-9-30-22-23-31(33(35)32(30)34)29-20-18-28(19-21-29)27-16-14-24(4-2)15-17-27/h5,8,22-29H,3-4,6-7,9-21H2,1-2H3/b8-5+. The van der Waals surface area contributed by atoms with Crippen LogP contribution in [-0.2, 0) is 6.42 Å². The summed E-state index contributed by atoms with van der Waals surface area (Å²) in [5, 5.41) is 0. The Morgan fingerprint density at radius 3 is 2.00 bits per heavy atom. The lowest BCUT2D eigenvalue weighted by Crippen LogP contribution is -2.25. The Balaban J connectivity index is 1.23. The number of aryl methyl sites for hydroxylation is 1. The summed E-state index contributed by atoms with van der Waals surface area (Å²) in [5.41, 5.74) is 1.18. The maximum atomic E-state index is 15.1. The second-order valence-electron chi connectivity index (χ2n) is 12.3. The van der Waals surface area contributed by atoms with Crippen molar-refractivity contribution in [1.29, 1.82) is 0 Å². The van der Waals surface area contributed by atoms with Crippen molar-refractivity contribution in [3.63, 3.8) is 0 Å². The third-order valence-corrected chi connectivity index (χ3v) is 10.1. The molecule has 0 atom stereocenters. The van der Waals surface area contributed by atoms with Crippen molar-refractivity contribution in [2.75, 3.05) is 0 Å². The molecule has 0 unspecified atom stereocenters. The zero-order valence-electron chi connectivity index (χ0n) is 22.6. The maximum Gasteiger partial charge on any atom is 0.162 e. The first-order valence-corrected chi connectivity index (χ1v) is 15.2. The van der Waals surface area contributed by atoms with Gasteiger partial charge in [-0.1, -0.05) is 70.2 Å². The van der Waals surface area contributed by atoms with Gasteiger partial charge in [0, 0.05) is 0 Å². The fourth-order valence-corrected chi connectivity index (χ4v) is 7.69. The number of benzene rings is 1. The molecule has 0 amide bonds. The molecule has 4 rings (SSSR count). The summed E-state index contributed by atoms with van der Waals surface area (Å²) in [6.07, 6.45) is 25.3. The van der Waals surface area contributed by atoms with Gasteiger partial charge >= 0.3 is 0 Å². The summed E-state index contributed by atoms with van der Waals surface area (Å²) in [4.78, 5) is 0. The molecule has 1 aromatic rings. The van der Waals surface area contributed by atoms with E-state index in [1.54, 1.807) is 0 Å². The molecule has 35 heavy (non-hydrogen) atoms. The highest BCUT2D eigenvalue weighted by Gasteiger charge is 2.32. The van der Waals surface area contributed by atoms with Crippen molar-refractivity contribution in [2.24, 2.45) is 29.6 Å². The SMILES string of the molecule is CCCC1CCC(/C=C/CCc2ccc(C3CCC(C4CCC(CC)CC4)CC3)c(F)c2F)CC1. The smallest absolute Gasteiger partial charge is 0.162 e. The van der Waals surface area contributed by atoms with Gasteiger partial charge in [0.2, 0.25) is 0 Å². The van der Waals surface area contributed by atoms with Crippen molar-refractivity contribution in [3.05, 3.63) is 47.0 Å². The van der Waals surface area contributed by atoms with E-state index in [9.17, 15) is 4.39 Å². The first-order chi connectivity index (χ1) is 17.1. The Bertz CT molecular complexity index is 788. The first-order valence-electron chi connectivity index (χ1n) is 15.2. The minimum atomic E-state index is -0.587.